The Labute approximate surface area is 134 Å². The molecule has 0 aromatic heterocycles. The smallest absolute Gasteiger partial charge is 0.409 e. The number of carbonyl (C=O) groups is 1. The van der Waals surface area contributed by atoms with Gasteiger partial charge in [0, 0.05) is 26.2 Å². The lowest BCUT2D eigenvalue weighted by atomic mass is 10.3. The number of methoxy groups -OCH3 is 1. The van der Waals surface area contributed by atoms with Gasteiger partial charge in [-0.2, -0.15) is 4.31 Å². The van der Waals surface area contributed by atoms with Crippen molar-refractivity contribution in [2.45, 2.75) is 11.8 Å². The third-order valence-corrected chi connectivity index (χ3v) is 5.42. The minimum Gasteiger partial charge on any atom is -0.494 e. The summed E-state index contributed by atoms with van der Waals surface area (Å²) in [6.07, 6.45) is -0.458. The Morgan fingerprint density at radius 2 is 1.91 bits per heavy atom. The van der Waals surface area contributed by atoms with Gasteiger partial charge in [-0.3, -0.25) is 0 Å². The molecule has 1 saturated heterocycles. The fourth-order valence-electron chi connectivity index (χ4n) is 2.28. The lowest BCUT2D eigenvalue weighted by Gasteiger charge is -2.33. The highest BCUT2D eigenvalue weighted by molar-refractivity contribution is 7.89. The second-order valence-corrected chi connectivity index (χ2v) is 6.82. The van der Waals surface area contributed by atoms with E-state index in [1.54, 1.807) is 6.92 Å². The van der Waals surface area contributed by atoms with Crippen LogP contribution in [0.25, 0.3) is 0 Å². The van der Waals surface area contributed by atoms with Gasteiger partial charge in [0.1, 0.15) is 0 Å². The molecule has 0 atom stereocenters. The van der Waals surface area contributed by atoms with Crippen LogP contribution >= 0.6 is 0 Å². The van der Waals surface area contributed by atoms with E-state index in [4.69, 9.17) is 9.47 Å². The molecular formula is C14H19FN2O5S. The Hall–Kier alpha value is -1.87. The van der Waals surface area contributed by atoms with Gasteiger partial charge in [-0.15, -0.1) is 0 Å². The first kappa shape index (κ1) is 17.5. The summed E-state index contributed by atoms with van der Waals surface area (Å²) in [6, 6.07) is 3.51. The van der Waals surface area contributed by atoms with Crippen LogP contribution in [0.1, 0.15) is 6.92 Å². The summed E-state index contributed by atoms with van der Waals surface area (Å²) in [4.78, 5) is 12.9. The average Bonchev–Trinajstić information content (AvgIpc) is 2.55. The van der Waals surface area contributed by atoms with Crippen molar-refractivity contribution in [3.8, 4) is 5.75 Å². The molecule has 2 rings (SSSR count). The predicted octanol–water partition coefficient (Wildman–Crippen LogP) is 1.30. The highest BCUT2D eigenvalue weighted by Crippen LogP contribution is 2.23. The minimum absolute atomic E-state index is 0.0175. The van der Waals surface area contributed by atoms with E-state index >= 15 is 0 Å². The molecule has 1 heterocycles. The number of ether oxygens (including phenoxy) is 2. The molecule has 0 saturated carbocycles. The fourth-order valence-corrected chi connectivity index (χ4v) is 3.72. The Bertz CT molecular complexity index is 672. The lowest BCUT2D eigenvalue weighted by Crippen LogP contribution is -2.50. The number of benzene rings is 1. The Morgan fingerprint density at radius 1 is 1.26 bits per heavy atom. The topological polar surface area (TPSA) is 76.2 Å². The molecule has 0 unspecified atom stereocenters. The maximum Gasteiger partial charge on any atom is 0.409 e. The van der Waals surface area contributed by atoms with Crippen LogP contribution < -0.4 is 4.74 Å². The molecule has 0 bridgehead atoms. The van der Waals surface area contributed by atoms with Crippen molar-refractivity contribution in [2.24, 2.45) is 0 Å². The van der Waals surface area contributed by atoms with Gasteiger partial charge in [0.25, 0.3) is 0 Å². The van der Waals surface area contributed by atoms with Crippen LogP contribution in [0.5, 0.6) is 5.75 Å². The van der Waals surface area contributed by atoms with Gasteiger partial charge in [0.2, 0.25) is 10.0 Å². The van der Waals surface area contributed by atoms with Crippen LogP contribution in [0.3, 0.4) is 0 Å². The van der Waals surface area contributed by atoms with E-state index in [2.05, 4.69) is 0 Å². The van der Waals surface area contributed by atoms with E-state index in [1.165, 1.54) is 28.4 Å². The van der Waals surface area contributed by atoms with Crippen molar-refractivity contribution in [3.63, 3.8) is 0 Å². The lowest BCUT2D eigenvalue weighted by molar-refractivity contribution is 0.0934. The normalized spacial score (nSPS) is 16.2. The Balaban J connectivity index is 2.10. The minimum atomic E-state index is -3.81. The van der Waals surface area contributed by atoms with Gasteiger partial charge in [-0.1, -0.05) is 0 Å². The molecule has 1 aromatic rings. The quantitative estimate of drug-likeness (QED) is 0.821. The van der Waals surface area contributed by atoms with Gasteiger partial charge < -0.3 is 14.4 Å². The number of carbonyl (C=O) groups excluding carboxylic acids is 1. The largest absolute Gasteiger partial charge is 0.494 e. The number of hydrogen-bond acceptors (Lipinski definition) is 5. The molecule has 1 aliphatic rings. The maximum absolute atomic E-state index is 13.7. The molecule has 0 radical (unpaired) electrons. The van der Waals surface area contributed by atoms with Crippen molar-refractivity contribution in [3.05, 3.63) is 24.0 Å². The third-order valence-electron chi connectivity index (χ3n) is 3.53. The van der Waals surface area contributed by atoms with E-state index in [1.807, 2.05) is 0 Å². The van der Waals surface area contributed by atoms with E-state index in [9.17, 15) is 17.6 Å². The first-order valence-electron chi connectivity index (χ1n) is 7.15. The molecular weight excluding hydrogens is 327 g/mol. The molecule has 0 N–H and O–H groups in total. The standard InChI is InChI=1S/C14H19FN2O5S/c1-3-22-14(18)16-6-8-17(9-7-16)23(19,20)11-4-5-13(21-2)12(15)10-11/h4-5,10H,3,6-9H2,1-2H3. The first-order chi connectivity index (χ1) is 10.9. The monoisotopic (exact) mass is 346 g/mol. The molecule has 23 heavy (non-hydrogen) atoms. The van der Waals surface area contributed by atoms with Crippen molar-refractivity contribution in [1.29, 1.82) is 0 Å². The number of amides is 1. The SMILES string of the molecule is CCOC(=O)N1CCN(S(=O)(=O)c2ccc(OC)c(F)c2)CC1. The van der Waals surface area contributed by atoms with Crippen LogP contribution in [0.4, 0.5) is 9.18 Å². The summed E-state index contributed by atoms with van der Waals surface area (Å²) in [7, 11) is -2.51. The second-order valence-electron chi connectivity index (χ2n) is 4.89. The Kier molecular flexibility index (Phi) is 5.42. The highest BCUT2D eigenvalue weighted by atomic mass is 32.2. The van der Waals surface area contributed by atoms with Gasteiger partial charge >= 0.3 is 6.09 Å². The number of hydrogen-bond donors (Lipinski definition) is 0. The fraction of sp³-hybridized carbons (Fsp3) is 0.500. The molecule has 1 aromatic carbocycles. The van der Waals surface area contributed by atoms with Gasteiger partial charge in [-0.05, 0) is 25.1 Å². The van der Waals surface area contributed by atoms with Crippen molar-refractivity contribution in [1.82, 2.24) is 9.21 Å². The number of rotatable bonds is 4. The predicted molar refractivity (Wildman–Crippen MR) is 80.3 cm³/mol. The highest BCUT2D eigenvalue weighted by Gasteiger charge is 2.31. The van der Waals surface area contributed by atoms with E-state index in [0.29, 0.717) is 0 Å². The summed E-state index contributed by atoms with van der Waals surface area (Å²) in [6.45, 7) is 2.70. The number of nitrogens with zero attached hydrogens (tertiary/aromatic N) is 2. The molecule has 1 amide bonds. The zero-order valence-corrected chi connectivity index (χ0v) is 13.8. The molecule has 0 aliphatic carbocycles. The third kappa shape index (κ3) is 3.73. The van der Waals surface area contributed by atoms with E-state index in [0.717, 1.165) is 6.07 Å². The van der Waals surface area contributed by atoms with Crippen LogP contribution in [0.15, 0.2) is 23.1 Å². The number of halogens is 1. The molecule has 9 heteroatoms. The molecule has 0 spiro atoms. The number of sulfonamides is 1. The van der Waals surface area contributed by atoms with E-state index < -0.39 is 21.9 Å². The summed E-state index contributed by atoms with van der Waals surface area (Å²) < 4.78 is 49.7. The van der Waals surface area contributed by atoms with Gasteiger partial charge in [0.05, 0.1) is 18.6 Å². The summed E-state index contributed by atoms with van der Waals surface area (Å²) in [5, 5.41) is 0. The van der Waals surface area contributed by atoms with Crippen LogP contribution in [-0.2, 0) is 14.8 Å². The van der Waals surface area contributed by atoms with Gasteiger partial charge in [-0.25, -0.2) is 17.6 Å². The van der Waals surface area contributed by atoms with E-state index in [-0.39, 0.29) is 43.4 Å². The summed E-state index contributed by atoms with van der Waals surface area (Å²) >= 11 is 0. The number of piperazine rings is 1. The van der Waals surface area contributed by atoms with Crippen LogP contribution in [0, 0.1) is 5.82 Å². The zero-order chi connectivity index (χ0) is 17.0. The zero-order valence-electron chi connectivity index (χ0n) is 13.0. The second kappa shape index (κ2) is 7.14. The maximum atomic E-state index is 13.7. The van der Waals surface area contributed by atoms with Gasteiger partial charge in [0.15, 0.2) is 11.6 Å². The summed E-state index contributed by atoms with van der Waals surface area (Å²) in [5.74, 6) is -0.755. The van der Waals surface area contributed by atoms with Crippen LogP contribution in [0.2, 0.25) is 0 Å². The van der Waals surface area contributed by atoms with Crippen molar-refractivity contribution in [2.75, 3.05) is 39.9 Å². The summed E-state index contributed by atoms with van der Waals surface area (Å²) in [5.41, 5.74) is 0. The molecule has 128 valence electrons. The van der Waals surface area contributed by atoms with Crippen molar-refractivity contribution < 1.29 is 27.1 Å². The first-order valence-corrected chi connectivity index (χ1v) is 8.59. The molecule has 1 fully saturated rings. The molecule has 7 nitrogen and oxygen atoms in total. The van der Waals surface area contributed by atoms with Crippen LogP contribution in [-0.4, -0.2) is 63.6 Å². The average molecular weight is 346 g/mol. The Morgan fingerprint density at radius 3 is 2.43 bits per heavy atom. The molecule has 1 aliphatic heterocycles. The van der Waals surface area contributed by atoms with Crippen molar-refractivity contribution >= 4 is 16.1 Å².